The molecule has 1 aliphatic rings. The van der Waals surface area contributed by atoms with Crippen LogP contribution in [-0.4, -0.2) is 47.5 Å². The van der Waals surface area contributed by atoms with E-state index in [2.05, 4.69) is 4.90 Å². The Kier molecular flexibility index (Phi) is 6.29. The van der Waals surface area contributed by atoms with Crippen molar-refractivity contribution in [2.24, 2.45) is 0 Å². The van der Waals surface area contributed by atoms with Crippen molar-refractivity contribution < 1.29 is 10.2 Å². The van der Waals surface area contributed by atoms with Gasteiger partial charge in [0.2, 0.25) is 0 Å². The van der Waals surface area contributed by atoms with Crippen LogP contribution in [0.5, 0.6) is 0 Å². The summed E-state index contributed by atoms with van der Waals surface area (Å²) in [5.74, 6) is 0. The number of rotatable bonds is 1. The summed E-state index contributed by atoms with van der Waals surface area (Å²) < 4.78 is 0. The molecule has 1 atom stereocenters. The summed E-state index contributed by atoms with van der Waals surface area (Å²) in [4.78, 5) is 2.19. The molecule has 1 aliphatic heterocycles. The van der Waals surface area contributed by atoms with Gasteiger partial charge in [-0.05, 0) is 32.9 Å². The van der Waals surface area contributed by atoms with Crippen LogP contribution in [-0.2, 0) is 0 Å². The molecule has 1 fully saturated rings. The van der Waals surface area contributed by atoms with Crippen LogP contribution in [0.25, 0.3) is 0 Å². The summed E-state index contributed by atoms with van der Waals surface area (Å²) in [5.41, 5.74) is -0.801. The molecule has 80 valence electrons. The van der Waals surface area contributed by atoms with Gasteiger partial charge in [0.25, 0.3) is 0 Å². The van der Waals surface area contributed by atoms with Crippen LogP contribution in [0.15, 0.2) is 0 Å². The standard InChI is InChI=1S/C8H17NO2.C2H6/c1-9-5-2-3-8(11,7-10)4-6-9;1-2/h10-11H,2-7H2,1H3;1-2H3. The van der Waals surface area contributed by atoms with E-state index in [1.165, 1.54) is 0 Å². The molecule has 0 spiro atoms. The summed E-state index contributed by atoms with van der Waals surface area (Å²) >= 11 is 0. The highest BCUT2D eigenvalue weighted by atomic mass is 16.3. The Balaban J connectivity index is 0.000000671. The van der Waals surface area contributed by atoms with Crippen LogP contribution < -0.4 is 0 Å². The fourth-order valence-electron chi connectivity index (χ4n) is 1.47. The van der Waals surface area contributed by atoms with Gasteiger partial charge in [-0.25, -0.2) is 0 Å². The third-order valence-electron chi connectivity index (χ3n) is 2.44. The van der Waals surface area contributed by atoms with Gasteiger partial charge in [0.1, 0.15) is 0 Å². The fourth-order valence-corrected chi connectivity index (χ4v) is 1.47. The Morgan fingerprint density at radius 2 is 1.85 bits per heavy atom. The first-order chi connectivity index (χ1) is 6.16. The van der Waals surface area contributed by atoms with Gasteiger partial charge in [-0.1, -0.05) is 13.8 Å². The molecule has 13 heavy (non-hydrogen) atoms. The molecule has 0 aromatic carbocycles. The largest absolute Gasteiger partial charge is 0.393 e. The van der Waals surface area contributed by atoms with Crippen molar-refractivity contribution >= 4 is 0 Å². The number of aliphatic hydroxyl groups excluding tert-OH is 1. The zero-order valence-corrected chi connectivity index (χ0v) is 9.08. The average molecular weight is 189 g/mol. The first-order valence-electron chi connectivity index (χ1n) is 5.18. The molecule has 1 saturated heterocycles. The third-order valence-corrected chi connectivity index (χ3v) is 2.44. The molecule has 0 radical (unpaired) electrons. The van der Waals surface area contributed by atoms with Crippen molar-refractivity contribution in [1.29, 1.82) is 0 Å². The molecule has 2 N–H and O–H groups in total. The second-order valence-corrected chi connectivity index (χ2v) is 3.54. The topological polar surface area (TPSA) is 43.7 Å². The minimum absolute atomic E-state index is 0.0964. The van der Waals surface area contributed by atoms with Gasteiger partial charge >= 0.3 is 0 Å². The van der Waals surface area contributed by atoms with Crippen molar-refractivity contribution in [3.63, 3.8) is 0 Å². The van der Waals surface area contributed by atoms with Crippen LogP contribution in [0.1, 0.15) is 33.1 Å². The fraction of sp³-hybridized carbons (Fsp3) is 1.00. The van der Waals surface area contributed by atoms with E-state index in [9.17, 15) is 5.11 Å². The molecule has 3 heteroatoms. The molecule has 0 bridgehead atoms. The molecular weight excluding hydrogens is 166 g/mol. The van der Waals surface area contributed by atoms with Crippen LogP contribution >= 0.6 is 0 Å². The maximum atomic E-state index is 9.70. The number of aliphatic hydroxyl groups is 2. The van der Waals surface area contributed by atoms with Gasteiger partial charge < -0.3 is 15.1 Å². The SMILES string of the molecule is CC.CN1CCCC(O)(CO)CC1. The average Bonchev–Trinajstić information content (AvgIpc) is 2.33. The van der Waals surface area contributed by atoms with E-state index in [0.29, 0.717) is 6.42 Å². The molecule has 1 heterocycles. The lowest BCUT2D eigenvalue weighted by molar-refractivity contribution is -0.0250. The normalized spacial score (nSPS) is 30.2. The predicted molar refractivity (Wildman–Crippen MR) is 54.7 cm³/mol. The molecule has 0 aliphatic carbocycles. The minimum atomic E-state index is -0.801. The third kappa shape index (κ3) is 4.60. The Morgan fingerprint density at radius 3 is 2.38 bits per heavy atom. The molecule has 0 aromatic heterocycles. The van der Waals surface area contributed by atoms with E-state index in [4.69, 9.17) is 5.11 Å². The van der Waals surface area contributed by atoms with E-state index >= 15 is 0 Å². The van der Waals surface area contributed by atoms with E-state index < -0.39 is 5.60 Å². The summed E-state index contributed by atoms with van der Waals surface area (Å²) in [6.45, 7) is 5.82. The van der Waals surface area contributed by atoms with E-state index in [0.717, 1.165) is 25.9 Å². The van der Waals surface area contributed by atoms with E-state index in [-0.39, 0.29) is 6.61 Å². The van der Waals surface area contributed by atoms with E-state index in [1.807, 2.05) is 20.9 Å². The molecule has 1 rings (SSSR count). The zero-order valence-electron chi connectivity index (χ0n) is 9.08. The molecule has 1 unspecified atom stereocenters. The molecule has 0 saturated carbocycles. The van der Waals surface area contributed by atoms with Gasteiger partial charge in [-0.3, -0.25) is 0 Å². The van der Waals surface area contributed by atoms with Gasteiger partial charge in [0.15, 0.2) is 0 Å². The summed E-state index contributed by atoms with van der Waals surface area (Å²) in [6.07, 6.45) is 2.40. The van der Waals surface area contributed by atoms with Crippen molar-refractivity contribution in [3.8, 4) is 0 Å². The minimum Gasteiger partial charge on any atom is -0.393 e. The van der Waals surface area contributed by atoms with E-state index in [1.54, 1.807) is 0 Å². The van der Waals surface area contributed by atoms with Crippen molar-refractivity contribution in [3.05, 3.63) is 0 Å². The summed E-state index contributed by atoms with van der Waals surface area (Å²) in [7, 11) is 2.04. The van der Waals surface area contributed by atoms with Gasteiger partial charge in [0.05, 0.1) is 12.2 Å². The smallest absolute Gasteiger partial charge is 0.0890 e. The molecular formula is C10H23NO2. The van der Waals surface area contributed by atoms with Crippen LogP contribution in [0, 0.1) is 0 Å². The number of hydrogen-bond acceptors (Lipinski definition) is 3. The Morgan fingerprint density at radius 1 is 1.23 bits per heavy atom. The second kappa shape index (κ2) is 6.35. The number of likely N-dealkylation sites (tertiary alicyclic amines) is 1. The Labute approximate surface area is 81.4 Å². The maximum Gasteiger partial charge on any atom is 0.0890 e. The predicted octanol–water partition coefficient (Wildman–Crippen LogP) is 0.852. The van der Waals surface area contributed by atoms with Crippen LogP contribution in [0.2, 0.25) is 0 Å². The Hall–Kier alpha value is -0.120. The van der Waals surface area contributed by atoms with Gasteiger partial charge in [-0.15, -0.1) is 0 Å². The summed E-state index contributed by atoms with van der Waals surface area (Å²) in [5, 5.41) is 18.6. The lowest BCUT2D eigenvalue weighted by atomic mass is 9.96. The lowest BCUT2D eigenvalue weighted by Gasteiger charge is -2.23. The van der Waals surface area contributed by atoms with Crippen molar-refractivity contribution in [1.82, 2.24) is 4.90 Å². The highest BCUT2D eigenvalue weighted by Crippen LogP contribution is 2.20. The Bertz CT molecular complexity index is 130. The molecule has 0 amide bonds. The highest BCUT2D eigenvalue weighted by molar-refractivity contribution is 4.81. The van der Waals surface area contributed by atoms with Crippen LogP contribution in [0.3, 0.4) is 0 Å². The summed E-state index contributed by atoms with van der Waals surface area (Å²) in [6, 6.07) is 0. The lowest BCUT2D eigenvalue weighted by Crippen LogP contribution is -2.34. The zero-order chi connectivity index (χ0) is 10.3. The first-order valence-corrected chi connectivity index (χ1v) is 5.18. The van der Waals surface area contributed by atoms with Gasteiger partial charge in [0, 0.05) is 6.54 Å². The van der Waals surface area contributed by atoms with Crippen molar-refractivity contribution in [2.45, 2.75) is 38.7 Å². The van der Waals surface area contributed by atoms with Crippen LogP contribution in [0.4, 0.5) is 0 Å². The van der Waals surface area contributed by atoms with Gasteiger partial charge in [-0.2, -0.15) is 0 Å². The molecule has 3 nitrogen and oxygen atoms in total. The number of hydrogen-bond donors (Lipinski definition) is 2. The van der Waals surface area contributed by atoms with Crippen molar-refractivity contribution in [2.75, 3.05) is 26.7 Å². The first kappa shape index (κ1) is 12.9. The number of nitrogens with zero attached hydrogens (tertiary/aromatic N) is 1. The molecule has 0 aromatic rings. The quantitative estimate of drug-likeness (QED) is 0.643. The highest BCUT2D eigenvalue weighted by Gasteiger charge is 2.27. The second-order valence-electron chi connectivity index (χ2n) is 3.54. The monoisotopic (exact) mass is 189 g/mol. The maximum absolute atomic E-state index is 9.70.